The first-order valence-electron chi connectivity index (χ1n) is 6.84. The van der Waals surface area contributed by atoms with Crippen molar-refractivity contribution in [2.45, 2.75) is 66.2 Å². The molecule has 1 rings (SSSR count). The molecular formula is C15H28. The molecule has 0 aliphatic heterocycles. The average Bonchev–Trinajstić information content (AvgIpc) is 2.23. The summed E-state index contributed by atoms with van der Waals surface area (Å²) in [6.07, 6.45) is 10.8. The van der Waals surface area contributed by atoms with Gasteiger partial charge < -0.3 is 0 Å². The molecule has 0 nitrogen and oxygen atoms in total. The predicted octanol–water partition coefficient (Wildman–Crippen LogP) is 5.20. The maximum Gasteiger partial charge on any atom is -0.0178 e. The lowest BCUT2D eigenvalue weighted by Gasteiger charge is -2.29. The highest BCUT2D eigenvalue weighted by Crippen LogP contribution is 2.35. The summed E-state index contributed by atoms with van der Waals surface area (Å²) in [7, 11) is 0. The number of allylic oxidation sites excluding steroid dienone is 2. The van der Waals surface area contributed by atoms with E-state index < -0.39 is 0 Å². The van der Waals surface area contributed by atoms with Crippen LogP contribution in [0, 0.1) is 17.8 Å². The molecule has 0 heteroatoms. The monoisotopic (exact) mass is 208 g/mol. The number of rotatable bonds is 2. The molecular weight excluding hydrogens is 180 g/mol. The van der Waals surface area contributed by atoms with Gasteiger partial charge in [0.05, 0.1) is 0 Å². The molecule has 0 aromatic heterocycles. The van der Waals surface area contributed by atoms with Crippen molar-refractivity contribution in [2.75, 3.05) is 0 Å². The maximum absolute atomic E-state index is 2.43. The molecule has 0 aromatic carbocycles. The molecule has 1 aliphatic rings. The summed E-state index contributed by atoms with van der Waals surface area (Å²) in [4.78, 5) is 0. The largest absolute Gasteiger partial charge is 0.0882 e. The molecule has 1 saturated carbocycles. The quantitative estimate of drug-likeness (QED) is 0.547. The van der Waals surface area contributed by atoms with E-state index in [0.29, 0.717) is 0 Å². The van der Waals surface area contributed by atoms with Gasteiger partial charge in [0.2, 0.25) is 0 Å². The molecule has 0 heterocycles. The Morgan fingerprint density at radius 2 is 2.07 bits per heavy atom. The smallest absolute Gasteiger partial charge is 0.0178 e. The minimum atomic E-state index is 0.879. The minimum Gasteiger partial charge on any atom is -0.0882 e. The number of hydrogen-bond donors (Lipinski definition) is 0. The fraction of sp³-hybridized carbons (Fsp3) is 0.867. The van der Waals surface area contributed by atoms with Gasteiger partial charge in [0.1, 0.15) is 0 Å². The summed E-state index contributed by atoms with van der Waals surface area (Å²) in [6, 6.07) is 0. The Hall–Kier alpha value is -0.260. The van der Waals surface area contributed by atoms with E-state index >= 15 is 0 Å². The van der Waals surface area contributed by atoms with E-state index in [2.05, 4.69) is 33.8 Å². The van der Waals surface area contributed by atoms with Crippen LogP contribution in [0.1, 0.15) is 66.2 Å². The van der Waals surface area contributed by atoms with Crippen LogP contribution in [-0.2, 0) is 0 Å². The van der Waals surface area contributed by atoms with Gasteiger partial charge in [-0.2, -0.15) is 0 Å². The Kier molecular flexibility index (Phi) is 5.42. The van der Waals surface area contributed by atoms with Gasteiger partial charge in [-0.25, -0.2) is 0 Å². The van der Waals surface area contributed by atoms with Crippen LogP contribution in [0.4, 0.5) is 0 Å². The van der Waals surface area contributed by atoms with E-state index in [4.69, 9.17) is 0 Å². The zero-order chi connectivity index (χ0) is 11.3. The van der Waals surface area contributed by atoms with Gasteiger partial charge in [0.15, 0.2) is 0 Å². The van der Waals surface area contributed by atoms with Crippen molar-refractivity contribution in [3.8, 4) is 0 Å². The second-order valence-electron chi connectivity index (χ2n) is 5.43. The second kappa shape index (κ2) is 6.35. The molecule has 0 amide bonds. The lowest BCUT2D eigenvalue weighted by atomic mass is 9.76. The van der Waals surface area contributed by atoms with E-state index in [0.717, 1.165) is 17.8 Å². The predicted molar refractivity (Wildman–Crippen MR) is 69.0 cm³/mol. The molecule has 3 atom stereocenters. The van der Waals surface area contributed by atoms with Crippen molar-refractivity contribution in [2.24, 2.45) is 17.8 Å². The van der Waals surface area contributed by atoms with E-state index in [9.17, 15) is 0 Å². The van der Waals surface area contributed by atoms with Crippen LogP contribution in [0.25, 0.3) is 0 Å². The standard InChI is InChI=1S/C15H28/c1-5-13(4)15-9-7-8-12(3)10-11-14(15)6-2/h6,12-13,15H,5,7-11H2,1-4H3. The van der Waals surface area contributed by atoms with Crippen LogP contribution in [0.2, 0.25) is 0 Å². The van der Waals surface area contributed by atoms with Crippen molar-refractivity contribution in [3.63, 3.8) is 0 Å². The zero-order valence-corrected chi connectivity index (χ0v) is 11.1. The van der Waals surface area contributed by atoms with Crippen molar-refractivity contribution in [1.29, 1.82) is 0 Å². The van der Waals surface area contributed by atoms with Crippen LogP contribution in [0.5, 0.6) is 0 Å². The molecule has 1 fully saturated rings. The fourth-order valence-electron chi connectivity index (χ4n) is 2.91. The summed E-state index contributed by atoms with van der Waals surface area (Å²) < 4.78 is 0. The molecule has 0 radical (unpaired) electrons. The van der Waals surface area contributed by atoms with Gasteiger partial charge in [0, 0.05) is 0 Å². The van der Waals surface area contributed by atoms with Crippen molar-refractivity contribution in [3.05, 3.63) is 11.6 Å². The molecule has 0 saturated heterocycles. The highest BCUT2D eigenvalue weighted by molar-refractivity contribution is 5.07. The van der Waals surface area contributed by atoms with Crippen molar-refractivity contribution < 1.29 is 0 Å². The molecule has 3 unspecified atom stereocenters. The summed E-state index contributed by atoms with van der Waals surface area (Å²) >= 11 is 0. The first-order chi connectivity index (χ1) is 7.19. The molecule has 15 heavy (non-hydrogen) atoms. The SMILES string of the molecule is CC=C1CCC(C)CCCC1C(C)CC. The Balaban J connectivity index is 2.66. The van der Waals surface area contributed by atoms with E-state index in [1.165, 1.54) is 38.5 Å². The van der Waals surface area contributed by atoms with Crippen LogP contribution in [-0.4, -0.2) is 0 Å². The van der Waals surface area contributed by atoms with Gasteiger partial charge in [-0.05, 0) is 43.9 Å². The normalized spacial score (nSPS) is 33.5. The van der Waals surface area contributed by atoms with Gasteiger partial charge in [-0.15, -0.1) is 0 Å². The molecule has 0 aromatic rings. The van der Waals surface area contributed by atoms with Gasteiger partial charge in [0.25, 0.3) is 0 Å². The van der Waals surface area contributed by atoms with Crippen LogP contribution in [0.3, 0.4) is 0 Å². The minimum absolute atomic E-state index is 0.879. The second-order valence-corrected chi connectivity index (χ2v) is 5.43. The third-order valence-corrected chi connectivity index (χ3v) is 4.32. The van der Waals surface area contributed by atoms with Gasteiger partial charge in [-0.3, -0.25) is 0 Å². The molecule has 0 N–H and O–H groups in total. The lowest BCUT2D eigenvalue weighted by Crippen LogP contribution is -2.17. The third kappa shape index (κ3) is 3.66. The highest BCUT2D eigenvalue weighted by atomic mass is 14.3. The summed E-state index contributed by atoms with van der Waals surface area (Å²) in [5, 5.41) is 0. The molecule has 0 bridgehead atoms. The molecule has 1 aliphatic carbocycles. The zero-order valence-electron chi connectivity index (χ0n) is 11.1. The molecule has 0 spiro atoms. The highest BCUT2D eigenvalue weighted by Gasteiger charge is 2.22. The summed E-state index contributed by atoms with van der Waals surface area (Å²) in [6.45, 7) is 9.41. The first kappa shape index (κ1) is 12.8. The lowest BCUT2D eigenvalue weighted by molar-refractivity contribution is 0.315. The summed E-state index contributed by atoms with van der Waals surface area (Å²) in [5.41, 5.74) is 1.75. The van der Waals surface area contributed by atoms with Gasteiger partial charge >= 0.3 is 0 Å². The Bertz CT molecular complexity index is 202. The van der Waals surface area contributed by atoms with E-state index in [1.54, 1.807) is 5.57 Å². The fourth-order valence-corrected chi connectivity index (χ4v) is 2.91. The van der Waals surface area contributed by atoms with Crippen molar-refractivity contribution in [1.82, 2.24) is 0 Å². The number of hydrogen-bond acceptors (Lipinski definition) is 0. The Morgan fingerprint density at radius 3 is 2.67 bits per heavy atom. The third-order valence-electron chi connectivity index (χ3n) is 4.32. The van der Waals surface area contributed by atoms with Gasteiger partial charge in [-0.1, -0.05) is 51.7 Å². The summed E-state index contributed by atoms with van der Waals surface area (Å²) in [5.74, 6) is 2.70. The van der Waals surface area contributed by atoms with Crippen LogP contribution in [0.15, 0.2) is 11.6 Å². The molecule has 88 valence electrons. The van der Waals surface area contributed by atoms with Crippen molar-refractivity contribution >= 4 is 0 Å². The van der Waals surface area contributed by atoms with E-state index in [1.807, 2.05) is 0 Å². The van der Waals surface area contributed by atoms with E-state index in [-0.39, 0.29) is 0 Å². The van der Waals surface area contributed by atoms with Crippen LogP contribution >= 0.6 is 0 Å². The average molecular weight is 208 g/mol. The topological polar surface area (TPSA) is 0 Å². The van der Waals surface area contributed by atoms with Crippen LogP contribution < -0.4 is 0 Å². The maximum atomic E-state index is 2.43. The Labute approximate surface area is 96.2 Å². The first-order valence-corrected chi connectivity index (χ1v) is 6.84. The Morgan fingerprint density at radius 1 is 1.33 bits per heavy atom.